The Hall–Kier alpha value is -3.99. The van der Waals surface area contributed by atoms with Crippen LogP contribution < -0.4 is 15.0 Å². The fraction of sp³-hybridized carbons (Fsp3) is 0.400. The van der Waals surface area contributed by atoms with E-state index >= 15 is 0 Å². The quantitative estimate of drug-likeness (QED) is 0.135. The Balaban J connectivity index is 1.52. The van der Waals surface area contributed by atoms with Gasteiger partial charge in [-0.05, 0) is 144 Å². The Bertz CT molecular complexity index is 2420. The first-order valence-electron chi connectivity index (χ1n) is 18.7. The highest BCUT2D eigenvalue weighted by molar-refractivity contribution is 7.92. The van der Waals surface area contributed by atoms with Crippen molar-refractivity contribution in [1.29, 1.82) is 0 Å². The van der Waals surface area contributed by atoms with E-state index < -0.39 is 33.3 Å². The number of benzene rings is 3. The minimum absolute atomic E-state index is 0.155. The van der Waals surface area contributed by atoms with Crippen LogP contribution in [0.15, 0.2) is 41.1 Å². The largest absolute Gasteiger partial charge is 0.487 e. The van der Waals surface area contributed by atoms with Gasteiger partial charge in [0.05, 0.1) is 27.5 Å². The lowest BCUT2D eigenvalue weighted by Crippen LogP contribution is -2.29. The Labute approximate surface area is 311 Å². The SMILES string of the molecule is [2H]C([2H])(NC(C)c1oc(-c2c(C)cc3ncnc(N(C)c4cc(Cl)c(OCc5cc(F)cc(C)c5C)c(C)c4C)c3c2C)cc1C)C([2H])([2H])S(=O)(=O)C(C)C. The lowest BCUT2D eigenvalue weighted by molar-refractivity contribution is 0.302. The third-order valence-corrected chi connectivity index (χ3v) is 11.5. The number of anilines is 2. The zero-order chi connectivity index (χ0) is 41.1. The van der Waals surface area contributed by atoms with Crippen LogP contribution in [0.25, 0.3) is 22.2 Å². The summed E-state index contributed by atoms with van der Waals surface area (Å²) >= 11 is 6.88. The van der Waals surface area contributed by atoms with Crippen molar-refractivity contribution in [2.24, 2.45) is 0 Å². The molecule has 0 bridgehead atoms. The summed E-state index contributed by atoms with van der Waals surface area (Å²) in [4.78, 5) is 11.3. The molecule has 8 nitrogen and oxygen atoms in total. The van der Waals surface area contributed by atoms with Gasteiger partial charge in [0.2, 0.25) is 0 Å². The van der Waals surface area contributed by atoms with Gasteiger partial charge in [-0.15, -0.1) is 0 Å². The van der Waals surface area contributed by atoms with E-state index in [-0.39, 0.29) is 12.4 Å². The summed E-state index contributed by atoms with van der Waals surface area (Å²) in [6.07, 6.45) is 1.51. The van der Waals surface area contributed by atoms with Crippen LogP contribution in [0.1, 0.15) is 82.6 Å². The van der Waals surface area contributed by atoms with E-state index in [1.54, 1.807) is 13.8 Å². The molecule has 51 heavy (non-hydrogen) atoms. The average molecular weight is 739 g/mol. The molecule has 11 heteroatoms. The number of fused-ring (bicyclic) bond motifs is 1. The normalized spacial score (nSPS) is 14.3. The van der Waals surface area contributed by atoms with Crippen LogP contribution in [0.4, 0.5) is 15.9 Å². The zero-order valence-corrected chi connectivity index (χ0v) is 32.5. The molecule has 5 rings (SSSR count). The molecule has 1 atom stereocenters. The summed E-state index contributed by atoms with van der Waals surface area (Å²) in [5, 5.41) is 2.58. The highest BCUT2D eigenvalue weighted by Gasteiger charge is 2.24. The molecule has 0 saturated carbocycles. The number of furan rings is 1. The Morgan fingerprint density at radius 1 is 0.941 bits per heavy atom. The smallest absolute Gasteiger partial charge is 0.153 e. The Morgan fingerprint density at radius 2 is 1.65 bits per heavy atom. The van der Waals surface area contributed by atoms with Crippen LogP contribution in [0.5, 0.6) is 5.75 Å². The first-order valence-corrected chi connectivity index (χ1v) is 18.6. The number of hydrogen-bond acceptors (Lipinski definition) is 8. The van der Waals surface area contributed by atoms with Crippen molar-refractivity contribution in [3.05, 3.63) is 97.8 Å². The van der Waals surface area contributed by atoms with Gasteiger partial charge in [0.1, 0.15) is 41.8 Å². The molecule has 0 radical (unpaired) electrons. The molecule has 0 aliphatic heterocycles. The highest BCUT2D eigenvalue weighted by Crippen LogP contribution is 2.43. The number of nitrogens with zero attached hydrogens (tertiary/aromatic N) is 3. The van der Waals surface area contributed by atoms with Crippen molar-refractivity contribution in [3.8, 4) is 17.1 Å². The maximum absolute atomic E-state index is 14.2. The number of nitrogens with one attached hydrogen (secondary N) is 1. The van der Waals surface area contributed by atoms with Gasteiger partial charge in [-0.1, -0.05) is 11.6 Å². The summed E-state index contributed by atoms with van der Waals surface area (Å²) in [5.74, 6) is 1.64. The first kappa shape index (κ1) is 32.9. The van der Waals surface area contributed by atoms with E-state index in [4.69, 9.17) is 31.2 Å². The van der Waals surface area contributed by atoms with E-state index in [0.717, 1.165) is 55.6 Å². The predicted octanol–water partition coefficient (Wildman–Crippen LogP) is 9.66. The third kappa shape index (κ3) is 7.64. The molecule has 3 aromatic carbocycles. The van der Waals surface area contributed by atoms with E-state index in [1.807, 2.05) is 71.7 Å². The van der Waals surface area contributed by atoms with Gasteiger partial charge in [-0.3, -0.25) is 0 Å². The lowest BCUT2D eigenvalue weighted by atomic mass is 9.95. The number of aromatic nitrogens is 2. The molecule has 5 aromatic rings. The van der Waals surface area contributed by atoms with Gasteiger partial charge in [-0.2, -0.15) is 0 Å². The second-order valence-corrected chi connectivity index (χ2v) is 16.1. The standard InChI is InChI=1S/C40H48ClFN4O4S/c1-21(2)51(47,48)13-12-43-29(10)38-24(5)16-35(50-38)36-23(4)15-33-37(28(36)9)40(45-20-44-33)46(11)34-18-32(41)39(27(8)26(34)7)49-19-30-17-31(42)14-22(3)25(30)6/h14-18,20-21,29,43H,12-13,19H2,1-11H3/i12D2,13D2. The molecule has 0 fully saturated rings. The van der Waals surface area contributed by atoms with Gasteiger partial charge in [0, 0.05) is 35.7 Å². The maximum Gasteiger partial charge on any atom is 0.153 e. The van der Waals surface area contributed by atoms with Crippen LogP contribution in [0.2, 0.25) is 5.02 Å². The zero-order valence-electron chi connectivity index (χ0n) is 35.0. The van der Waals surface area contributed by atoms with Gasteiger partial charge < -0.3 is 19.4 Å². The third-order valence-electron chi connectivity index (χ3n) is 9.61. The number of rotatable bonds is 12. The number of halogens is 2. The molecule has 0 saturated heterocycles. The summed E-state index contributed by atoms with van der Waals surface area (Å²) in [7, 11) is -2.58. The molecule has 0 aliphatic rings. The van der Waals surface area contributed by atoms with E-state index in [9.17, 15) is 12.8 Å². The van der Waals surface area contributed by atoms with Crippen molar-refractivity contribution in [2.45, 2.75) is 87.1 Å². The van der Waals surface area contributed by atoms with Crippen LogP contribution in [0.3, 0.4) is 0 Å². The van der Waals surface area contributed by atoms with Crippen molar-refractivity contribution in [2.75, 3.05) is 24.1 Å². The summed E-state index contributed by atoms with van der Waals surface area (Å²) in [6.45, 7) is 14.8. The van der Waals surface area contributed by atoms with Crippen LogP contribution in [-0.4, -0.2) is 42.9 Å². The van der Waals surface area contributed by atoms with E-state index in [0.29, 0.717) is 39.2 Å². The molecular formula is C40H48ClFN4O4S. The highest BCUT2D eigenvalue weighted by atomic mass is 35.5. The van der Waals surface area contributed by atoms with Crippen molar-refractivity contribution >= 4 is 43.8 Å². The second-order valence-electron chi connectivity index (χ2n) is 13.4. The van der Waals surface area contributed by atoms with Crippen LogP contribution in [0, 0.1) is 54.3 Å². The monoisotopic (exact) mass is 738 g/mol. The van der Waals surface area contributed by atoms with Gasteiger partial charge in [0.25, 0.3) is 0 Å². The summed E-state index contributed by atoms with van der Waals surface area (Å²) in [5.41, 5.74) is 5.70. The van der Waals surface area contributed by atoms with Gasteiger partial charge in [0.15, 0.2) is 9.84 Å². The molecule has 0 aliphatic carbocycles. The van der Waals surface area contributed by atoms with Crippen LogP contribution >= 0.6 is 11.6 Å². The minimum atomic E-state index is -4.48. The Morgan fingerprint density at radius 3 is 2.33 bits per heavy atom. The van der Waals surface area contributed by atoms with Crippen molar-refractivity contribution in [3.63, 3.8) is 0 Å². The number of aryl methyl sites for hydroxylation is 4. The fourth-order valence-electron chi connectivity index (χ4n) is 6.29. The first-order chi connectivity index (χ1) is 25.4. The minimum Gasteiger partial charge on any atom is -0.487 e. The molecular weight excluding hydrogens is 687 g/mol. The lowest BCUT2D eigenvalue weighted by Gasteiger charge is -2.26. The number of hydrogen-bond donors (Lipinski definition) is 1. The van der Waals surface area contributed by atoms with E-state index in [2.05, 4.69) is 10.3 Å². The van der Waals surface area contributed by atoms with Crippen LogP contribution in [-0.2, 0) is 16.4 Å². The number of sulfone groups is 1. The molecule has 2 aromatic heterocycles. The Kier molecular flexibility index (Phi) is 9.63. The maximum atomic E-state index is 14.2. The summed E-state index contributed by atoms with van der Waals surface area (Å²) in [6, 6.07) is 7.68. The fourth-order valence-corrected chi connectivity index (χ4v) is 7.03. The predicted molar refractivity (Wildman–Crippen MR) is 206 cm³/mol. The molecule has 0 amide bonds. The molecule has 1 N–H and O–H groups in total. The summed E-state index contributed by atoms with van der Waals surface area (Å²) < 4.78 is 85.7. The second kappa shape index (κ2) is 14.9. The molecule has 0 spiro atoms. The molecule has 2 heterocycles. The topological polar surface area (TPSA) is 97.6 Å². The number of ether oxygens (including phenoxy) is 1. The van der Waals surface area contributed by atoms with Crippen molar-refractivity contribution < 1.29 is 27.4 Å². The molecule has 1 unspecified atom stereocenters. The van der Waals surface area contributed by atoms with Crippen molar-refractivity contribution in [1.82, 2.24) is 15.3 Å². The van der Waals surface area contributed by atoms with Gasteiger partial charge in [-0.25, -0.2) is 22.8 Å². The average Bonchev–Trinajstić information content (AvgIpc) is 3.47. The molecule has 272 valence electrons. The van der Waals surface area contributed by atoms with Gasteiger partial charge >= 0.3 is 0 Å². The van der Waals surface area contributed by atoms with E-state index in [1.165, 1.54) is 32.3 Å².